The minimum atomic E-state index is -1.04. The van der Waals surface area contributed by atoms with E-state index in [1.165, 1.54) is 6.07 Å². The number of carboxylic acids is 1. The number of aryl methyl sites for hydroxylation is 2. The Hall–Kier alpha value is -2.33. The first kappa shape index (κ1) is 13.6. The van der Waals surface area contributed by atoms with E-state index in [-0.39, 0.29) is 5.56 Å². The Morgan fingerprint density at radius 3 is 2.62 bits per heavy atom. The molecule has 0 aliphatic rings. The first-order valence-corrected chi connectivity index (χ1v) is 6.75. The van der Waals surface area contributed by atoms with Gasteiger partial charge in [-0.2, -0.15) is 0 Å². The van der Waals surface area contributed by atoms with E-state index in [9.17, 15) is 9.90 Å². The fraction of sp³-hybridized carbons (Fsp3) is 0.125. The van der Waals surface area contributed by atoms with Crippen LogP contribution in [0.1, 0.15) is 21.7 Å². The second kappa shape index (κ2) is 4.90. The molecule has 5 heteroatoms. The molecule has 0 bridgehead atoms. The SMILES string of the molecule is Cc1ccc(-c2cc(C(=O)O)c3c(Cl)ccc(C)c3n2)o1. The van der Waals surface area contributed by atoms with Crippen LogP contribution in [0.5, 0.6) is 0 Å². The van der Waals surface area contributed by atoms with Crippen molar-refractivity contribution in [2.24, 2.45) is 0 Å². The van der Waals surface area contributed by atoms with Gasteiger partial charge < -0.3 is 9.52 Å². The Labute approximate surface area is 126 Å². The predicted molar refractivity (Wildman–Crippen MR) is 80.9 cm³/mol. The van der Waals surface area contributed by atoms with Gasteiger partial charge in [0.1, 0.15) is 11.5 Å². The summed E-state index contributed by atoms with van der Waals surface area (Å²) in [5, 5.41) is 10.3. The summed E-state index contributed by atoms with van der Waals surface area (Å²) in [6.45, 7) is 3.69. The molecular weight excluding hydrogens is 290 g/mol. The van der Waals surface area contributed by atoms with E-state index < -0.39 is 5.97 Å². The van der Waals surface area contributed by atoms with Crippen molar-refractivity contribution in [2.45, 2.75) is 13.8 Å². The monoisotopic (exact) mass is 301 g/mol. The van der Waals surface area contributed by atoms with Crippen molar-refractivity contribution < 1.29 is 14.3 Å². The number of fused-ring (bicyclic) bond motifs is 1. The number of pyridine rings is 1. The number of rotatable bonds is 2. The van der Waals surface area contributed by atoms with Gasteiger partial charge in [-0.05, 0) is 43.7 Å². The van der Waals surface area contributed by atoms with Gasteiger partial charge in [-0.3, -0.25) is 0 Å². The minimum Gasteiger partial charge on any atom is -0.478 e. The molecular formula is C16H12ClNO3. The van der Waals surface area contributed by atoms with Crippen molar-refractivity contribution in [2.75, 3.05) is 0 Å². The highest BCUT2D eigenvalue weighted by molar-refractivity contribution is 6.36. The molecule has 0 spiro atoms. The molecule has 0 fully saturated rings. The zero-order chi connectivity index (χ0) is 15.1. The quantitative estimate of drug-likeness (QED) is 0.759. The van der Waals surface area contributed by atoms with E-state index in [0.29, 0.717) is 27.4 Å². The topological polar surface area (TPSA) is 63.3 Å². The third kappa shape index (κ3) is 2.28. The van der Waals surface area contributed by atoms with E-state index in [1.807, 2.05) is 26.0 Å². The van der Waals surface area contributed by atoms with Crippen LogP contribution in [-0.4, -0.2) is 16.1 Å². The molecule has 21 heavy (non-hydrogen) atoms. The number of carbonyl (C=O) groups is 1. The van der Waals surface area contributed by atoms with Crippen LogP contribution in [0.25, 0.3) is 22.4 Å². The molecule has 0 radical (unpaired) electrons. The number of aromatic nitrogens is 1. The number of aromatic carboxylic acids is 1. The van der Waals surface area contributed by atoms with Crippen LogP contribution in [0.3, 0.4) is 0 Å². The predicted octanol–water partition coefficient (Wildman–Crippen LogP) is 4.46. The maximum atomic E-state index is 11.6. The molecule has 1 aromatic carbocycles. The van der Waals surface area contributed by atoms with Crippen LogP contribution in [0.15, 0.2) is 34.7 Å². The van der Waals surface area contributed by atoms with Gasteiger partial charge >= 0.3 is 5.97 Å². The first-order chi connectivity index (χ1) is 9.97. The lowest BCUT2D eigenvalue weighted by Crippen LogP contribution is -2.01. The standard InChI is InChI=1S/C16H12ClNO3/c1-8-3-5-11(17)14-10(16(19)20)7-12(18-15(8)14)13-6-4-9(2)21-13/h3-7H,1-2H3,(H,19,20). The molecule has 1 N–H and O–H groups in total. The summed E-state index contributed by atoms with van der Waals surface area (Å²) in [6.07, 6.45) is 0. The summed E-state index contributed by atoms with van der Waals surface area (Å²) in [6, 6.07) is 8.58. The maximum absolute atomic E-state index is 11.6. The molecule has 0 atom stereocenters. The summed E-state index contributed by atoms with van der Waals surface area (Å²) in [5.74, 6) is 0.238. The molecule has 0 aliphatic heterocycles. The van der Waals surface area contributed by atoms with Crippen molar-refractivity contribution in [1.29, 1.82) is 0 Å². The molecule has 3 aromatic rings. The number of halogens is 1. The van der Waals surface area contributed by atoms with Crippen molar-refractivity contribution in [1.82, 2.24) is 4.98 Å². The zero-order valence-corrected chi connectivity index (χ0v) is 12.2. The number of nitrogens with zero attached hydrogens (tertiary/aromatic N) is 1. The number of benzene rings is 1. The highest BCUT2D eigenvalue weighted by atomic mass is 35.5. The van der Waals surface area contributed by atoms with Crippen LogP contribution in [-0.2, 0) is 0 Å². The Kier molecular flexibility index (Phi) is 3.18. The third-order valence-corrected chi connectivity index (χ3v) is 3.65. The number of hydrogen-bond donors (Lipinski definition) is 1. The highest BCUT2D eigenvalue weighted by Gasteiger charge is 2.17. The van der Waals surface area contributed by atoms with E-state index in [2.05, 4.69) is 4.98 Å². The van der Waals surface area contributed by atoms with Gasteiger partial charge in [0.05, 0.1) is 16.1 Å². The van der Waals surface area contributed by atoms with Gasteiger partial charge in [-0.25, -0.2) is 9.78 Å². The van der Waals surface area contributed by atoms with E-state index in [1.54, 1.807) is 12.1 Å². The van der Waals surface area contributed by atoms with Crippen molar-refractivity contribution in [3.8, 4) is 11.5 Å². The third-order valence-electron chi connectivity index (χ3n) is 3.33. The smallest absolute Gasteiger partial charge is 0.336 e. The molecule has 0 aliphatic carbocycles. The Balaban J connectivity index is 2.40. The minimum absolute atomic E-state index is 0.123. The molecule has 106 valence electrons. The van der Waals surface area contributed by atoms with Crippen molar-refractivity contribution in [3.05, 3.63) is 52.2 Å². The molecule has 0 unspecified atom stereocenters. The van der Waals surface area contributed by atoms with E-state index >= 15 is 0 Å². The second-order valence-electron chi connectivity index (χ2n) is 4.86. The molecule has 0 saturated carbocycles. The zero-order valence-electron chi connectivity index (χ0n) is 11.5. The number of carboxylic acid groups (broad SMARTS) is 1. The molecule has 2 heterocycles. The van der Waals surface area contributed by atoms with Gasteiger partial charge in [-0.1, -0.05) is 17.7 Å². The molecule has 3 rings (SSSR count). The summed E-state index contributed by atoms with van der Waals surface area (Å²) in [4.78, 5) is 16.1. The van der Waals surface area contributed by atoms with Gasteiger partial charge in [0.25, 0.3) is 0 Å². The Morgan fingerprint density at radius 2 is 2.00 bits per heavy atom. The first-order valence-electron chi connectivity index (χ1n) is 6.37. The summed E-state index contributed by atoms with van der Waals surface area (Å²) < 4.78 is 5.53. The molecule has 0 saturated heterocycles. The fourth-order valence-corrected chi connectivity index (χ4v) is 2.55. The largest absolute Gasteiger partial charge is 0.478 e. The van der Waals surface area contributed by atoms with Crippen LogP contribution < -0.4 is 0 Å². The highest BCUT2D eigenvalue weighted by Crippen LogP contribution is 2.32. The lowest BCUT2D eigenvalue weighted by Gasteiger charge is -2.09. The maximum Gasteiger partial charge on any atom is 0.336 e. The van der Waals surface area contributed by atoms with E-state index in [4.69, 9.17) is 16.0 Å². The second-order valence-corrected chi connectivity index (χ2v) is 5.27. The Morgan fingerprint density at radius 1 is 1.24 bits per heavy atom. The summed E-state index contributed by atoms with van der Waals surface area (Å²) >= 11 is 6.15. The van der Waals surface area contributed by atoms with Crippen LogP contribution >= 0.6 is 11.6 Å². The molecule has 0 amide bonds. The van der Waals surface area contributed by atoms with Crippen LogP contribution in [0, 0.1) is 13.8 Å². The van der Waals surface area contributed by atoms with Gasteiger partial charge in [-0.15, -0.1) is 0 Å². The number of hydrogen-bond acceptors (Lipinski definition) is 3. The molecule has 2 aromatic heterocycles. The summed E-state index contributed by atoms with van der Waals surface area (Å²) in [5.41, 5.74) is 2.05. The lowest BCUT2D eigenvalue weighted by molar-refractivity contribution is 0.0699. The Bertz CT molecular complexity index is 867. The van der Waals surface area contributed by atoms with Crippen LogP contribution in [0.2, 0.25) is 5.02 Å². The van der Waals surface area contributed by atoms with Crippen molar-refractivity contribution in [3.63, 3.8) is 0 Å². The molecule has 4 nitrogen and oxygen atoms in total. The summed E-state index contributed by atoms with van der Waals surface area (Å²) in [7, 11) is 0. The number of furan rings is 1. The van der Waals surface area contributed by atoms with Gasteiger partial charge in [0, 0.05) is 5.39 Å². The van der Waals surface area contributed by atoms with Gasteiger partial charge in [0.15, 0.2) is 5.76 Å². The normalized spacial score (nSPS) is 11.0. The average molecular weight is 302 g/mol. The van der Waals surface area contributed by atoms with E-state index in [0.717, 1.165) is 11.3 Å². The van der Waals surface area contributed by atoms with Gasteiger partial charge in [0.2, 0.25) is 0 Å². The van der Waals surface area contributed by atoms with Crippen molar-refractivity contribution >= 4 is 28.5 Å². The van der Waals surface area contributed by atoms with Crippen LogP contribution in [0.4, 0.5) is 0 Å². The lowest BCUT2D eigenvalue weighted by atomic mass is 10.0. The fourth-order valence-electron chi connectivity index (χ4n) is 2.30. The average Bonchev–Trinajstić information content (AvgIpc) is 2.88.